The van der Waals surface area contributed by atoms with E-state index in [-0.39, 0.29) is 19.5 Å². The molecule has 2 unspecified atom stereocenters. The van der Waals surface area contributed by atoms with Crippen molar-refractivity contribution in [2.45, 2.75) is 32.5 Å². The Balaban J connectivity index is 2.14. The Morgan fingerprint density at radius 3 is 2.65 bits per heavy atom. The van der Waals surface area contributed by atoms with E-state index >= 15 is 0 Å². The zero-order valence-corrected chi connectivity index (χ0v) is 11.3. The van der Waals surface area contributed by atoms with Gasteiger partial charge in [0.2, 0.25) is 5.91 Å². The first-order valence-electron chi connectivity index (χ1n) is 6.41. The minimum absolute atomic E-state index is 0.182. The molecular formula is C13H17F3N2O2. The van der Waals surface area contributed by atoms with Crippen LogP contribution in [0.1, 0.15) is 30.9 Å². The molecule has 2 N–H and O–H groups in total. The second-order valence-electron chi connectivity index (χ2n) is 5.15. The molecule has 1 aromatic heterocycles. The number of aryl methyl sites for hydroxylation is 1. The van der Waals surface area contributed by atoms with E-state index in [0.29, 0.717) is 11.5 Å². The second kappa shape index (κ2) is 5.12. The summed E-state index contributed by atoms with van der Waals surface area (Å²) in [4.78, 5) is 12.1. The van der Waals surface area contributed by atoms with Crippen LogP contribution in [0.3, 0.4) is 0 Å². The maximum Gasteiger partial charge on any atom is 0.404 e. The zero-order chi connectivity index (χ0) is 15.0. The highest BCUT2D eigenvalue weighted by Crippen LogP contribution is 2.43. The van der Waals surface area contributed by atoms with Crippen molar-refractivity contribution in [3.8, 4) is 0 Å². The summed E-state index contributed by atoms with van der Waals surface area (Å²) in [7, 11) is 0. The maximum atomic E-state index is 13.2. The van der Waals surface area contributed by atoms with Crippen molar-refractivity contribution in [3.63, 3.8) is 0 Å². The molecule has 0 aliphatic carbocycles. The molecule has 0 aromatic carbocycles. The minimum atomic E-state index is -4.57. The lowest BCUT2D eigenvalue weighted by atomic mass is 9.85. The predicted molar refractivity (Wildman–Crippen MR) is 66.0 cm³/mol. The molecule has 1 aliphatic heterocycles. The Kier molecular flexibility index (Phi) is 3.82. The molecule has 0 spiro atoms. The largest absolute Gasteiger partial charge is 0.464 e. The third-order valence-electron chi connectivity index (χ3n) is 3.67. The molecule has 4 nitrogen and oxygen atoms in total. The zero-order valence-electron chi connectivity index (χ0n) is 11.3. The van der Waals surface area contributed by atoms with Gasteiger partial charge in [-0.25, -0.2) is 0 Å². The molecule has 2 heterocycles. The molecule has 112 valence electrons. The van der Waals surface area contributed by atoms with Gasteiger partial charge >= 0.3 is 6.18 Å². The van der Waals surface area contributed by atoms with Crippen LogP contribution in [0.4, 0.5) is 13.2 Å². The van der Waals surface area contributed by atoms with E-state index < -0.39 is 23.5 Å². The Morgan fingerprint density at radius 1 is 1.50 bits per heavy atom. The van der Waals surface area contributed by atoms with E-state index in [4.69, 9.17) is 4.42 Å². The molecule has 1 aromatic rings. The SMILES string of the molecule is Cc1ccc(C(C)NC(=O)C2(C(F)(F)F)CCNC2)o1. The summed E-state index contributed by atoms with van der Waals surface area (Å²) >= 11 is 0. The first kappa shape index (κ1) is 14.9. The van der Waals surface area contributed by atoms with Gasteiger partial charge in [-0.15, -0.1) is 0 Å². The van der Waals surface area contributed by atoms with Crippen LogP contribution in [-0.4, -0.2) is 25.2 Å². The van der Waals surface area contributed by atoms with E-state index in [0.717, 1.165) is 0 Å². The molecular weight excluding hydrogens is 273 g/mol. The van der Waals surface area contributed by atoms with Crippen molar-refractivity contribution in [2.75, 3.05) is 13.1 Å². The first-order valence-corrected chi connectivity index (χ1v) is 6.41. The van der Waals surface area contributed by atoms with Crippen LogP contribution in [-0.2, 0) is 4.79 Å². The summed E-state index contributed by atoms with van der Waals surface area (Å²) in [5, 5.41) is 5.02. The maximum absolute atomic E-state index is 13.2. The number of hydrogen-bond donors (Lipinski definition) is 2. The smallest absolute Gasteiger partial charge is 0.404 e. The minimum Gasteiger partial charge on any atom is -0.464 e. The standard InChI is InChI=1S/C13H17F3N2O2/c1-8-3-4-10(20-8)9(2)18-11(19)12(13(14,15)16)5-6-17-7-12/h3-4,9,17H,5-7H2,1-2H3,(H,18,19). The highest BCUT2D eigenvalue weighted by atomic mass is 19.4. The molecule has 0 saturated carbocycles. The number of alkyl halides is 3. The van der Waals surface area contributed by atoms with Crippen molar-refractivity contribution in [1.29, 1.82) is 0 Å². The van der Waals surface area contributed by atoms with Gasteiger partial charge in [0.25, 0.3) is 0 Å². The van der Waals surface area contributed by atoms with Gasteiger partial charge in [0.05, 0.1) is 6.04 Å². The van der Waals surface area contributed by atoms with Gasteiger partial charge in [-0.3, -0.25) is 4.79 Å². The fourth-order valence-corrected chi connectivity index (χ4v) is 2.35. The summed E-state index contributed by atoms with van der Waals surface area (Å²) in [6.07, 6.45) is -4.81. The van der Waals surface area contributed by atoms with Crippen molar-refractivity contribution in [1.82, 2.24) is 10.6 Å². The van der Waals surface area contributed by atoms with Crippen molar-refractivity contribution >= 4 is 5.91 Å². The van der Waals surface area contributed by atoms with Crippen LogP contribution in [0, 0.1) is 12.3 Å². The third kappa shape index (κ3) is 2.54. The lowest BCUT2D eigenvalue weighted by Crippen LogP contribution is -2.52. The van der Waals surface area contributed by atoms with Crippen LogP contribution in [0.15, 0.2) is 16.5 Å². The Morgan fingerprint density at radius 2 is 2.20 bits per heavy atom. The summed E-state index contributed by atoms with van der Waals surface area (Å²) in [6.45, 7) is 3.13. The van der Waals surface area contributed by atoms with Gasteiger partial charge in [-0.2, -0.15) is 13.2 Å². The van der Waals surface area contributed by atoms with E-state index in [1.165, 1.54) is 0 Å². The van der Waals surface area contributed by atoms with Gasteiger partial charge in [0, 0.05) is 6.54 Å². The van der Waals surface area contributed by atoms with E-state index in [1.54, 1.807) is 26.0 Å². The highest BCUT2D eigenvalue weighted by molar-refractivity contribution is 5.84. The van der Waals surface area contributed by atoms with Crippen molar-refractivity contribution in [3.05, 3.63) is 23.7 Å². The quantitative estimate of drug-likeness (QED) is 0.898. The van der Waals surface area contributed by atoms with Crippen LogP contribution < -0.4 is 10.6 Å². The average Bonchev–Trinajstić information content (AvgIpc) is 2.96. The van der Waals surface area contributed by atoms with E-state index in [9.17, 15) is 18.0 Å². The summed E-state index contributed by atoms with van der Waals surface area (Å²) in [5.74, 6) is 0.0878. The topological polar surface area (TPSA) is 54.3 Å². The summed E-state index contributed by atoms with van der Waals surface area (Å²) in [6, 6.07) is 2.75. The number of carbonyl (C=O) groups is 1. The van der Waals surface area contributed by atoms with Crippen LogP contribution in [0.5, 0.6) is 0 Å². The molecule has 1 saturated heterocycles. The number of carbonyl (C=O) groups excluding carboxylic acids is 1. The van der Waals surface area contributed by atoms with E-state index in [1.807, 2.05) is 0 Å². The van der Waals surface area contributed by atoms with Gasteiger partial charge in [0.1, 0.15) is 11.5 Å². The normalized spacial score (nSPS) is 24.6. The fraction of sp³-hybridized carbons (Fsp3) is 0.615. The third-order valence-corrected chi connectivity index (χ3v) is 3.67. The molecule has 2 atom stereocenters. The van der Waals surface area contributed by atoms with Crippen molar-refractivity contribution in [2.24, 2.45) is 5.41 Å². The summed E-state index contributed by atoms with van der Waals surface area (Å²) in [5.41, 5.74) is -2.34. The number of hydrogen-bond acceptors (Lipinski definition) is 3. The van der Waals surface area contributed by atoms with Crippen LogP contribution in [0.2, 0.25) is 0 Å². The molecule has 0 bridgehead atoms. The monoisotopic (exact) mass is 290 g/mol. The second-order valence-corrected chi connectivity index (χ2v) is 5.15. The molecule has 7 heteroatoms. The summed E-state index contributed by atoms with van der Waals surface area (Å²) < 4.78 is 44.9. The number of nitrogens with one attached hydrogen (secondary N) is 2. The molecule has 20 heavy (non-hydrogen) atoms. The molecule has 1 aliphatic rings. The van der Waals surface area contributed by atoms with E-state index in [2.05, 4.69) is 10.6 Å². The predicted octanol–water partition coefficient (Wildman–Crippen LogP) is 2.31. The number of furan rings is 1. The number of amides is 1. The Bertz CT molecular complexity index is 490. The molecule has 2 rings (SSSR count). The van der Waals surface area contributed by atoms with Gasteiger partial charge in [-0.1, -0.05) is 0 Å². The lowest BCUT2D eigenvalue weighted by molar-refractivity contribution is -0.216. The van der Waals surface area contributed by atoms with Crippen molar-refractivity contribution < 1.29 is 22.4 Å². The first-order chi connectivity index (χ1) is 9.26. The lowest BCUT2D eigenvalue weighted by Gasteiger charge is -2.30. The fourth-order valence-electron chi connectivity index (χ4n) is 2.35. The average molecular weight is 290 g/mol. The molecule has 1 amide bonds. The number of rotatable bonds is 3. The molecule has 0 radical (unpaired) electrons. The molecule has 1 fully saturated rings. The number of halogens is 3. The highest BCUT2D eigenvalue weighted by Gasteiger charge is 2.61. The Labute approximate surface area is 114 Å². The van der Waals surface area contributed by atoms with Gasteiger partial charge < -0.3 is 15.1 Å². The van der Waals surface area contributed by atoms with Crippen LogP contribution >= 0.6 is 0 Å². The van der Waals surface area contributed by atoms with Gasteiger partial charge in [-0.05, 0) is 38.9 Å². The Hall–Kier alpha value is -1.50. The van der Waals surface area contributed by atoms with Crippen LogP contribution in [0.25, 0.3) is 0 Å². The van der Waals surface area contributed by atoms with Gasteiger partial charge in [0.15, 0.2) is 5.41 Å².